The van der Waals surface area contributed by atoms with Gasteiger partial charge in [0, 0.05) is 12.1 Å². The number of hydrogen-bond donors (Lipinski definition) is 0. The fourth-order valence-electron chi connectivity index (χ4n) is 2.57. The molecule has 0 aliphatic rings. The monoisotopic (exact) mass is 395 g/mol. The third-order valence-corrected chi connectivity index (χ3v) is 4.87. The number of hydrogen-bond acceptors (Lipinski definition) is 8. The fourth-order valence-corrected chi connectivity index (χ4v) is 3.36. The van der Waals surface area contributed by atoms with Crippen molar-refractivity contribution in [1.82, 2.24) is 24.9 Å². The Kier molecular flexibility index (Phi) is 5.24. The lowest BCUT2D eigenvalue weighted by Gasteiger charge is -2.04. The number of furan rings is 1. The van der Waals surface area contributed by atoms with Crippen LogP contribution in [0.2, 0.25) is 0 Å². The Balaban J connectivity index is 1.49. The molecule has 0 fully saturated rings. The zero-order valence-corrected chi connectivity index (χ0v) is 15.9. The van der Waals surface area contributed by atoms with Gasteiger partial charge in [0.15, 0.2) is 16.7 Å². The first-order valence-electron chi connectivity index (χ1n) is 8.46. The highest BCUT2D eigenvalue weighted by Crippen LogP contribution is 2.27. The van der Waals surface area contributed by atoms with Crippen molar-refractivity contribution in [2.24, 2.45) is 0 Å². The first-order valence-corrected chi connectivity index (χ1v) is 9.45. The molecular formula is C19H17N5O3S. The Morgan fingerprint density at radius 2 is 2.07 bits per heavy atom. The van der Waals surface area contributed by atoms with Gasteiger partial charge in [0.2, 0.25) is 5.82 Å². The number of methoxy groups -OCH3 is 1. The van der Waals surface area contributed by atoms with Crippen LogP contribution >= 0.6 is 11.8 Å². The van der Waals surface area contributed by atoms with Crippen molar-refractivity contribution in [2.45, 2.75) is 17.5 Å². The molecule has 0 atom stereocenters. The summed E-state index contributed by atoms with van der Waals surface area (Å²) in [7, 11) is 1.62. The number of aromatic nitrogens is 5. The summed E-state index contributed by atoms with van der Waals surface area (Å²) in [4.78, 5) is 4.45. The molecule has 142 valence electrons. The molecule has 0 N–H and O–H groups in total. The molecule has 4 rings (SSSR count). The highest BCUT2D eigenvalue weighted by atomic mass is 32.2. The third kappa shape index (κ3) is 3.70. The number of rotatable bonds is 8. The highest BCUT2D eigenvalue weighted by molar-refractivity contribution is 7.98. The maximum atomic E-state index is 5.44. The van der Waals surface area contributed by atoms with Gasteiger partial charge in [0.1, 0.15) is 5.75 Å². The van der Waals surface area contributed by atoms with Crippen molar-refractivity contribution in [1.29, 1.82) is 0 Å². The Labute approximate surface area is 165 Å². The summed E-state index contributed by atoms with van der Waals surface area (Å²) in [5.41, 5.74) is 0.833. The summed E-state index contributed by atoms with van der Waals surface area (Å²) in [6.45, 7) is 4.37. The average molecular weight is 395 g/mol. The molecule has 3 aromatic heterocycles. The molecule has 0 unspecified atom stereocenters. The molecule has 3 heterocycles. The molecule has 0 saturated carbocycles. The van der Waals surface area contributed by atoms with Crippen LogP contribution in [0.3, 0.4) is 0 Å². The van der Waals surface area contributed by atoms with Crippen LogP contribution in [-0.4, -0.2) is 32.0 Å². The summed E-state index contributed by atoms with van der Waals surface area (Å²) in [6.07, 6.45) is 3.39. The topological polar surface area (TPSA) is 92.0 Å². The van der Waals surface area contributed by atoms with E-state index in [1.165, 1.54) is 11.8 Å². The standard InChI is InChI=1S/C19H17N5O3S/c1-3-10-24-17(15-5-4-11-26-15)21-22-19(24)28-12-16-20-18(27-23-16)13-6-8-14(25-2)9-7-13/h3-9,11H,1,10,12H2,2H3. The second-order valence-corrected chi connectivity index (χ2v) is 6.66. The van der Waals surface area contributed by atoms with Gasteiger partial charge >= 0.3 is 0 Å². The van der Waals surface area contributed by atoms with Crippen molar-refractivity contribution in [3.05, 3.63) is 61.1 Å². The second-order valence-electron chi connectivity index (χ2n) is 5.72. The van der Waals surface area contributed by atoms with Crippen molar-refractivity contribution in [3.63, 3.8) is 0 Å². The molecule has 9 heteroatoms. The molecule has 0 bridgehead atoms. The van der Waals surface area contributed by atoms with Gasteiger partial charge in [-0.05, 0) is 36.4 Å². The van der Waals surface area contributed by atoms with Crippen LogP contribution in [0.25, 0.3) is 23.0 Å². The molecule has 0 saturated heterocycles. The van der Waals surface area contributed by atoms with Crippen LogP contribution in [0.15, 0.2) is 69.4 Å². The van der Waals surface area contributed by atoms with E-state index in [-0.39, 0.29) is 0 Å². The number of thioether (sulfide) groups is 1. The quantitative estimate of drug-likeness (QED) is 0.326. The smallest absolute Gasteiger partial charge is 0.257 e. The zero-order chi connectivity index (χ0) is 19.3. The summed E-state index contributed by atoms with van der Waals surface area (Å²) >= 11 is 1.47. The van der Waals surface area contributed by atoms with Crippen molar-refractivity contribution >= 4 is 11.8 Å². The van der Waals surface area contributed by atoms with E-state index in [4.69, 9.17) is 13.7 Å². The summed E-state index contributed by atoms with van der Waals surface area (Å²) in [6, 6.07) is 11.1. The van der Waals surface area contributed by atoms with E-state index in [1.807, 2.05) is 41.0 Å². The largest absolute Gasteiger partial charge is 0.497 e. The molecule has 0 aliphatic carbocycles. The maximum Gasteiger partial charge on any atom is 0.257 e. The molecule has 4 aromatic rings. The molecule has 0 amide bonds. The molecule has 8 nitrogen and oxygen atoms in total. The first kappa shape index (κ1) is 18.1. The number of benzene rings is 1. The van der Waals surface area contributed by atoms with E-state index in [1.54, 1.807) is 19.4 Å². The summed E-state index contributed by atoms with van der Waals surface area (Å²) in [5, 5.41) is 13.3. The Hall–Kier alpha value is -3.33. The van der Waals surface area contributed by atoms with Gasteiger partial charge in [-0.15, -0.1) is 16.8 Å². The van der Waals surface area contributed by atoms with Gasteiger partial charge in [-0.2, -0.15) is 4.98 Å². The lowest BCUT2D eigenvalue weighted by molar-refractivity contribution is 0.414. The van der Waals surface area contributed by atoms with Crippen molar-refractivity contribution in [3.8, 4) is 28.8 Å². The lowest BCUT2D eigenvalue weighted by Crippen LogP contribution is -2.00. The Morgan fingerprint density at radius 1 is 1.21 bits per heavy atom. The number of allylic oxidation sites excluding steroid dienone is 1. The Bertz CT molecular complexity index is 1050. The number of nitrogens with zero attached hydrogens (tertiary/aromatic N) is 5. The van der Waals surface area contributed by atoms with E-state index in [0.717, 1.165) is 16.5 Å². The van der Waals surface area contributed by atoms with Crippen LogP contribution in [0.5, 0.6) is 5.75 Å². The molecule has 0 spiro atoms. The fraction of sp³-hybridized carbons (Fsp3) is 0.158. The van der Waals surface area contributed by atoms with E-state index in [2.05, 4.69) is 26.9 Å². The highest BCUT2D eigenvalue weighted by Gasteiger charge is 2.17. The third-order valence-electron chi connectivity index (χ3n) is 3.91. The van der Waals surface area contributed by atoms with Gasteiger partial charge in [-0.1, -0.05) is 23.0 Å². The van der Waals surface area contributed by atoms with E-state index in [9.17, 15) is 0 Å². The van der Waals surface area contributed by atoms with E-state index >= 15 is 0 Å². The minimum absolute atomic E-state index is 0.460. The van der Waals surface area contributed by atoms with Gasteiger partial charge in [0.05, 0.1) is 19.1 Å². The van der Waals surface area contributed by atoms with Crippen LogP contribution in [0, 0.1) is 0 Å². The summed E-state index contributed by atoms with van der Waals surface area (Å²) in [5.74, 6) is 3.60. The molecular weight excluding hydrogens is 378 g/mol. The predicted molar refractivity (Wildman–Crippen MR) is 104 cm³/mol. The van der Waals surface area contributed by atoms with Crippen molar-refractivity contribution < 1.29 is 13.7 Å². The zero-order valence-electron chi connectivity index (χ0n) is 15.1. The van der Waals surface area contributed by atoms with Crippen LogP contribution in [0.1, 0.15) is 5.82 Å². The summed E-state index contributed by atoms with van der Waals surface area (Å²) < 4.78 is 17.9. The van der Waals surface area contributed by atoms with Crippen molar-refractivity contribution in [2.75, 3.05) is 7.11 Å². The first-order chi connectivity index (χ1) is 13.8. The lowest BCUT2D eigenvalue weighted by atomic mass is 10.2. The maximum absolute atomic E-state index is 5.44. The average Bonchev–Trinajstić information content (AvgIpc) is 3.48. The van der Waals surface area contributed by atoms with E-state index in [0.29, 0.717) is 35.6 Å². The minimum atomic E-state index is 0.460. The SMILES string of the molecule is C=CCn1c(SCc2noc(-c3ccc(OC)cc3)n2)nnc1-c1ccco1. The van der Waals surface area contributed by atoms with Gasteiger partial charge in [-0.3, -0.25) is 4.57 Å². The number of ether oxygens (including phenoxy) is 1. The van der Waals surface area contributed by atoms with Gasteiger partial charge < -0.3 is 13.7 Å². The molecule has 0 aliphatic heterocycles. The van der Waals surface area contributed by atoms with Crippen LogP contribution < -0.4 is 4.74 Å². The Morgan fingerprint density at radius 3 is 2.79 bits per heavy atom. The second kappa shape index (κ2) is 8.13. The molecule has 28 heavy (non-hydrogen) atoms. The van der Waals surface area contributed by atoms with Gasteiger partial charge in [-0.25, -0.2) is 0 Å². The molecule has 0 radical (unpaired) electrons. The van der Waals surface area contributed by atoms with Crippen LogP contribution in [0.4, 0.5) is 0 Å². The normalized spacial score (nSPS) is 10.9. The predicted octanol–water partition coefficient (Wildman–Crippen LogP) is 4.08. The molecule has 1 aromatic carbocycles. The van der Waals surface area contributed by atoms with Gasteiger partial charge in [0.25, 0.3) is 5.89 Å². The minimum Gasteiger partial charge on any atom is -0.497 e. The van der Waals surface area contributed by atoms with Crippen LogP contribution in [-0.2, 0) is 12.3 Å². The van der Waals surface area contributed by atoms with E-state index < -0.39 is 0 Å².